The van der Waals surface area contributed by atoms with E-state index in [1.54, 1.807) is 6.08 Å². The first-order chi connectivity index (χ1) is 6.66. The second-order valence-corrected chi connectivity index (χ2v) is 4.31. The molecule has 2 aliphatic rings. The number of nitrogens with zero attached hydrogens (tertiary/aromatic N) is 3. The van der Waals surface area contributed by atoms with Crippen molar-refractivity contribution in [2.24, 2.45) is 10.5 Å². The first-order valence-corrected chi connectivity index (χ1v) is 4.95. The summed E-state index contributed by atoms with van der Waals surface area (Å²) in [7, 11) is 0. The van der Waals surface area contributed by atoms with Gasteiger partial charge in [-0.05, 0) is 36.3 Å². The van der Waals surface area contributed by atoms with Gasteiger partial charge in [-0.25, -0.2) is 0 Å². The highest BCUT2D eigenvalue weighted by atomic mass is 16.1. The molecule has 0 spiro atoms. The molecule has 0 saturated heterocycles. The van der Waals surface area contributed by atoms with Gasteiger partial charge < -0.3 is 0 Å². The van der Waals surface area contributed by atoms with Crippen molar-refractivity contribution in [3.63, 3.8) is 0 Å². The van der Waals surface area contributed by atoms with Crippen molar-refractivity contribution in [2.75, 3.05) is 0 Å². The minimum absolute atomic E-state index is 0.0415. The fourth-order valence-corrected chi connectivity index (χ4v) is 2.57. The van der Waals surface area contributed by atoms with Gasteiger partial charge in [0, 0.05) is 17.4 Å². The Morgan fingerprint density at radius 1 is 1.64 bits per heavy atom. The first kappa shape index (κ1) is 9.28. The smallest absolute Gasteiger partial charge is 0.155 e. The van der Waals surface area contributed by atoms with Crippen LogP contribution in [-0.2, 0) is 4.79 Å². The molecular weight excluding hydrogens is 178 g/mol. The van der Waals surface area contributed by atoms with E-state index in [4.69, 9.17) is 5.53 Å². The molecule has 0 aromatic rings. The van der Waals surface area contributed by atoms with Gasteiger partial charge in [0.25, 0.3) is 0 Å². The number of hydrogen-bond acceptors (Lipinski definition) is 2. The van der Waals surface area contributed by atoms with Crippen LogP contribution in [0.2, 0.25) is 0 Å². The van der Waals surface area contributed by atoms with E-state index in [0.717, 1.165) is 19.3 Å². The van der Waals surface area contributed by atoms with Gasteiger partial charge in [-0.15, -0.1) is 0 Å². The predicted molar refractivity (Wildman–Crippen MR) is 52.6 cm³/mol. The van der Waals surface area contributed by atoms with Crippen LogP contribution in [0, 0.1) is 5.41 Å². The lowest BCUT2D eigenvalue weighted by molar-refractivity contribution is -0.115. The van der Waals surface area contributed by atoms with Crippen LogP contribution in [0.15, 0.2) is 16.8 Å². The molecule has 14 heavy (non-hydrogen) atoms. The van der Waals surface area contributed by atoms with Crippen molar-refractivity contribution in [1.82, 2.24) is 0 Å². The van der Waals surface area contributed by atoms with E-state index in [-0.39, 0.29) is 17.2 Å². The van der Waals surface area contributed by atoms with Crippen molar-refractivity contribution in [1.29, 1.82) is 0 Å². The minimum Gasteiger partial charge on any atom is -0.295 e. The zero-order valence-corrected chi connectivity index (χ0v) is 8.23. The summed E-state index contributed by atoms with van der Waals surface area (Å²) in [5, 5.41) is 3.83. The van der Waals surface area contributed by atoms with E-state index in [9.17, 15) is 4.79 Å². The first-order valence-electron chi connectivity index (χ1n) is 4.95. The number of carbonyl (C=O) groups excluding carboxylic acids is 1. The van der Waals surface area contributed by atoms with Gasteiger partial charge in [-0.3, -0.25) is 4.79 Å². The van der Waals surface area contributed by atoms with Crippen molar-refractivity contribution in [3.8, 4) is 0 Å². The molecule has 4 nitrogen and oxygen atoms in total. The number of ketones is 1. The van der Waals surface area contributed by atoms with E-state index in [0.29, 0.717) is 6.42 Å². The number of azide groups is 1. The summed E-state index contributed by atoms with van der Waals surface area (Å²) in [4.78, 5) is 14.1. The number of allylic oxidation sites excluding steroid dienone is 1. The molecule has 74 valence electrons. The van der Waals surface area contributed by atoms with Crippen molar-refractivity contribution >= 4 is 5.78 Å². The summed E-state index contributed by atoms with van der Waals surface area (Å²) in [5.74, 6) is 0.221. The number of fused-ring (bicyclic) bond motifs is 1. The Labute approximate surface area is 82.6 Å². The zero-order valence-electron chi connectivity index (χ0n) is 8.23. The van der Waals surface area contributed by atoms with Crippen LogP contribution in [0.1, 0.15) is 32.6 Å². The quantitative estimate of drug-likeness (QED) is 0.357. The van der Waals surface area contributed by atoms with Crippen molar-refractivity contribution in [3.05, 3.63) is 22.1 Å². The molecule has 0 unspecified atom stereocenters. The topological polar surface area (TPSA) is 65.8 Å². The SMILES string of the molecule is C[C@]12CCC(=O)C=C1CC[C@@H]2N=[N+]=[N-]. The normalized spacial score (nSPS) is 35.9. The fourth-order valence-electron chi connectivity index (χ4n) is 2.57. The van der Waals surface area contributed by atoms with E-state index in [2.05, 4.69) is 16.9 Å². The Kier molecular flexibility index (Phi) is 2.08. The number of rotatable bonds is 1. The summed E-state index contributed by atoms with van der Waals surface area (Å²) < 4.78 is 0. The molecule has 2 rings (SSSR count). The Balaban J connectivity index is 2.36. The lowest BCUT2D eigenvalue weighted by Crippen LogP contribution is -2.30. The molecule has 0 aromatic carbocycles. The third kappa shape index (κ3) is 1.23. The summed E-state index contributed by atoms with van der Waals surface area (Å²) in [6, 6.07) is 0.0480. The molecule has 0 radical (unpaired) electrons. The average Bonchev–Trinajstić information content (AvgIpc) is 2.46. The second kappa shape index (κ2) is 3.14. The highest BCUT2D eigenvalue weighted by molar-refractivity contribution is 5.91. The van der Waals surface area contributed by atoms with Crippen molar-refractivity contribution in [2.45, 2.75) is 38.6 Å². The predicted octanol–water partition coefficient (Wildman–Crippen LogP) is 2.75. The maximum atomic E-state index is 11.2. The van der Waals surface area contributed by atoms with E-state index >= 15 is 0 Å². The Bertz CT molecular complexity index is 354. The van der Waals surface area contributed by atoms with Gasteiger partial charge in [0.15, 0.2) is 5.78 Å². The molecule has 1 fully saturated rings. The molecular formula is C10H13N3O. The lowest BCUT2D eigenvalue weighted by atomic mass is 9.73. The molecule has 4 heteroatoms. The minimum atomic E-state index is -0.0415. The maximum Gasteiger partial charge on any atom is 0.155 e. The third-order valence-electron chi connectivity index (χ3n) is 3.57. The van der Waals surface area contributed by atoms with Gasteiger partial charge in [0.1, 0.15) is 0 Å². The van der Waals surface area contributed by atoms with Gasteiger partial charge in [0.05, 0.1) is 0 Å². The van der Waals surface area contributed by atoms with Crippen LogP contribution >= 0.6 is 0 Å². The van der Waals surface area contributed by atoms with Crippen LogP contribution in [0.4, 0.5) is 0 Å². The van der Waals surface area contributed by atoms with Crippen molar-refractivity contribution < 1.29 is 4.79 Å². The molecule has 1 saturated carbocycles. The van der Waals surface area contributed by atoms with Gasteiger partial charge in [-0.2, -0.15) is 0 Å². The van der Waals surface area contributed by atoms with E-state index < -0.39 is 0 Å². The van der Waals surface area contributed by atoms with Gasteiger partial charge >= 0.3 is 0 Å². The highest BCUT2D eigenvalue weighted by Gasteiger charge is 2.44. The highest BCUT2D eigenvalue weighted by Crippen LogP contribution is 2.49. The summed E-state index contributed by atoms with van der Waals surface area (Å²) in [6.45, 7) is 2.11. The molecule has 0 N–H and O–H groups in total. The Morgan fingerprint density at radius 3 is 3.14 bits per heavy atom. The lowest BCUT2D eigenvalue weighted by Gasteiger charge is -2.32. The number of carbonyl (C=O) groups is 1. The molecule has 0 aliphatic heterocycles. The molecule has 0 aromatic heterocycles. The summed E-state index contributed by atoms with van der Waals surface area (Å²) in [6.07, 6.45) is 4.99. The van der Waals surface area contributed by atoms with Gasteiger partial charge in [0.2, 0.25) is 0 Å². The van der Waals surface area contributed by atoms with Crippen LogP contribution in [-0.4, -0.2) is 11.8 Å². The summed E-state index contributed by atoms with van der Waals surface area (Å²) >= 11 is 0. The monoisotopic (exact) mass is 191 g/mol. The largest absolute Gasteiger partial charge is 0.295 e. The Hall–Kier alpha value is -1.28. The third-order valence-corrected chi connectivity index (χ3v) is 3.57. The molecule has 0 amide bonds. The number of hydrogen-bond donors (Lipinski definition) is 0. The van der Waals surface area contributed by atoms with Crippen LogP contribution in [0.5, 0.6) is 0 Å². The standard InChI is InChI=1S/C10H13N3O/c1-10-5-4-8(14)6-7(10)2-3-9(10)12-13-11/h6,9H,2-5H2,1H3/t9-,10-/m0/s1. The molecule has 0 heterocycles. The molecule has 2 aliphatic carbocycles. The van der Waals surface area contributed by atoms with Crippen LogP contribution < -0.4 is 0 Å². The maximum absolute atomic E-state index is 11.2. The zero-order chi connectivity index (χ0) is 10.2. The van der Waals surface area contributed by atoms with E-state index in [1.165, 1.54) is 5.57 Å². The van der Waals surface area contributed by atoms with E-state index in [1.807, 2.05) is 0 Å². The molecule has 0 bridgehead atoms. The second-order valence-electron chi connectivity index (χ2n) is 4.31. The van der Waals surface area contributed by atoms with Crippen LogP contribution in [0.25, 0.3) is 10.4 Å². The van der Waals surface area contributed by atoms with Crippen LogP contribution in [0.3, 0.4) is 0 Å². The average molecular weight is 191 g/mol. The summed E-state index contributed by atoms with van der Waals surface area (Å²) in [5.41, 5.74) is 9.60. The van der Waals surface area contributed by atoms with Gasteiger partial charge in [-0.1, -0.05) is 17.6 Å². The molecule has 2 atom stereocenters. The fraction of sp³-hybridized carbons (Fsp3) is 0.700. The Morgan fingerprint density at radius 2 is 2.43 bits per heavy atom.